The first-order chi connectivity index (χ1) is 15.8. The molecule has 3 nitrogen and oxygen atoms in total. The van der Waals surface area contributed by atoms with E-state index in [4.69, 9.17) is 0 Å². The summed E-state index contributed by atoms with van der Waals surface area (Å²) in [5.74, 6) is 0.630. The lowest BCUT2D eigenvalue weighted by atomic mass is 9.82. The number of thiophene rings is 1. The lowest BCUT2D eigenvalue weighted by Crippen LogP contribution is -2.12. The van der Waals surface area contributed by atoms with Crippen LogP contribution in [0.4, 0.5) is 0 Å². The standard InChI is InChI=1S/C29H29N3S/c1-18(2)10-22-12-21-15-30-16-24(28(21)33-22)27-14-26(31-17-32-27)20-11-19-8-6-7-9-23(19)25(13-20)29(3,4)5/h6-9,11-18H,10H2,1-5H3. The predicted molar refractivity (Wildman–Crippen MR) is 141 cm³/mol. The molecule has 0 bridgehead atoms. The molecule has 4 heteroatoms. The van der Waals surface area contributed by atoms with Crippen molar-refractivity contribution in [1.82, 2.24) is 15.0 Å². The first kappa shape index (κ1) is 21.7. The molecule has 0 saturated carbocycles. The normalized spacial score (nSPS) is 12.2. The molecule has 3 heterocycles. The van der Waals surface area contributed by atoms with Crippen molar-refractivity contribution >= 4 is 32.2 Å². The lowest BCUT2D eigenvalue weighted by Gasteiger charge is -2.22. The summed E-state index contributed by atoms with van der Waals surface area (Å²) in [6.07, 6.45) is 6.66. The molecule has 0 fully saturated rings. The largest absolute Gasteiger partial charge is 0.263 e. The number of nitrogens with zero attached hydrogens (tertiary/aromatic N) is 3. The Balaban J connectivity index is 1.64. The summed E-state index contributed by atoms with van der Waals surface area (Å²) in [6, 6.07) is 17.5. The summed E-state index contributed by atoms with van der Waals surface area (Å²) < 4.78 is 1.25. The quantitative estimate of drug-likeness (QED) is 0.277. The molecule has 0 aliphatic carbocycles. The Morgan fingerprint density at radius 2 is 1.67 bits per heavy atom. The van der Waals surface area contributed by atoms with E-state index >= 15 is 0 Å². The average molecular weight is 452 g/mol. The molecular formula is C29H29N3S. The third kappa shape index (κ3) is 4.28. The van der Waals surface area contributed by atoms with E-state index < -0.39 is 0 Å². The Morgan fingerprint density at radius 3 is 2.45 bits per heavy atom. The van der Waals surface area contributed by atoms with Crippen molar-refractivity contribution in [3.05, 3.63) is 77.7 Å². The Morgan fingerprint density at radius 1 is 0.879 bits per heavy atom. The van der Waals surface area contributed by atoms with Crippen LogP contribution in [0.3, 0.4) is 0 Å². The number of pyridine rings is 1. The molecule has 0 radical (unpaired) electrons. The molecule has 5 aromatic rings. The number of fused-ring (bicyclic) bond motifs is 2. The van der Waals surface area contributed by atoms with E-state index in [9.17, 15) is 0 Å². The molecule has 0 aliphatic heterocycles. The van der Waals surface area contributed by atoms with Crippen molar-refractivity contribution in [3.8, 4) is 22.5 Å². The zero-order chi connectivity index (χ0) is 23.2. The van der Waals surface area contributed by atoms with Gasteiger partial charge < -0.3 is 0 Å². The number of benzene rings is 2. The van der Waals surface area contributed by atoms with Gasteiger partial charge in [-0.1, -0.05) is 58.9 Å². The van der Waals surface area contributed by atoms with Gasteiger partial charge in [-0.15, -0.1) is 11.3 Å². The first-order valence-electron chi connectivity index (χ1n) is 11.5. The van der Waals surface area contributed by atoms with Gasteiger partial charge in [-0.25, -0.2) is 9.97 Å². The molecule has 0 saturated heterocycles. The van der Waals surface area contributed by atoms with Crippen molar-refractivity contribution in [2.24, 2.45) is 5.92 Å². The van der Waals surface area contributed by atoms with E-state index in [1.165, 1.54) is 31.3 Å². The molecule has 0 amide bonds. The molecule has 0 atom stereocenters. The van der Waals surface area contributed by atoms with Crippen LogP contribution < -0.4 is 0 Å². The van der Waals surface area contributed by atoms with Crippen molar-refractivity contribution < 1.29 is 0 Å². The number of hydrogen-bond donors (Lipinski definition) is 0. The topological polar surface area (TPSA) is 38.7 Å². The van der Waals surface area contributed by atoms with Crippen molar-refractivity contribution in [2.45, 2.75) is 46.5 Å². The van der Waals surface area contributed by atoms with E-state index in [0.29, 0.717) is 5.92 Å². The van der Waals surface area contributed by atoms with Gasteiger partial charge in [0.15, 0.2) is 0 Å². The van der Waals surface area contributed by atoms with Gasteiger partial charge in [0.25, 0.3) is 0 Å². The van der Waals surface area contributed by atoms with Crippen LogP contribution >= 0.6 is 11.3 Å². The molecule has 0 spiro atoms. The Hall–Kier alpha value is -3.11. The van der Waals surface area contributed by atoms with Crippen LogP contribution in [-0.4, -0.2) is 15.0 Å². The van der Waals surface area contributed by atoms with Crippen LogP contribution in [0.15, 0.2) is 67.3 Å². The lowest BCUT2D eigenvalue weighted by molar-refractivity contribution is 0.596. The minimum atomic E-state index is 0.0325. The third-order valence-electron chi connectivity index (χ3n) is 5.99. The van der Waals surface area contributed by atoms with Crippen LogP contribution in [0, 0.1) is 5.92 Å². The van der Waals surface area contributed by atoms with Crippen molar-refractivity contribution in [2.75, 3.05) is 0 Å². The van der Waals surface area contributed by atoms with E-state index in [1.807, 2.05) is 23.7 Å². The Kier molecular flexibility index (Phi) is 5.49. The van der Waals surface area contributed by atoms with Crippen LogP contribution in [0.2, 0.25) is 0 Å². The van der Waals surface area contributed by atoms with Gasteiger partial charge in [0, 0.05) is 38.5 Å². The molecule has 0 N–H and O–H groups in total. The second kappa shape index (κ2) is 8.35. The minimum absolute atomic E-state index is 0.0325. The molecule has 5 rings (SSSR count). The summed E-state index contributed by atoms with van der Waals surface area (Å²) in [7, 11) is 0. The Bertz CT molecular complexity index is 1460. The van der Waals surface area contributed by atoms with Gasteiger partial charge in [0.1, 0.15) is 6.33 Å². The SMILES string of the molecule is CC(C)Cc1cc2cncc(-c3cc(-c4cc(C(C)(C)C)c5ccccc5c4)ncn3)c2s1. The van der Waals surface area contributed by atoms with Crippen molar-refractivity contribution in [1.29, 1.82) is 0 Å². The summed E-state index contributed by atoms with van der Waals surface area (Å²) in [5.41, 5.74) is 5.41. The second-order valence-electron chi connectivity index (χ2n) is 10.2. The minimum Gasteiger partial charge on any atom is -0.263 e. The molecule has 0 aliphatic rings. The third-order valence-corrected chi connectivity index (χ3v) is 7.20. The highest BCUT2D eigenvalue weighted by Crippen LogP contribution is 2.37. The van der Waals surface area contributed by atoms with E-state index in [2.05, 4.69) is 98.1 Å². The predicted octanol–water partition coefficient (Wildman–Crippen LogP) is 8.07. The smallest absolute Gasteiger partial charge is 0.116 e. The summed E-state index contributed by atoms with van der Waals surface area (Å²) >= 11 is 1.86. The summed E-state index contributed by atoms with van der Waals surface area (Å²) in [5, 5.41) is 3.72. The monoisotopic (exact) mass is 451 g/mol. The fourth-order valence-corrected chi connectivity index (χ4v) is 5.80. The highest BCUT2D eigenvalue weighted by molar-refractivity contribution is 7.19. The zero-order valence-electron chi connectivity index (χ0n) is 19.9. The number of hydrogen-bond acceptors (Lipinski definition) is 4. The van der Waals surface area contributed by atoms with Crippen LogP contribution in [0.25, 0.3) is 43.4 Å². The van der Waals surface area contributed by atoms with Gasteiger partial charge in [0.2, 0.25) is 0 Å². The van der Waals surface area contributed by atoms with Crippen LogP contribution in [0.1, 0.15) is 45.1 Å². The van der Waals surface area contributed by atoms with Crippen LogP contribution in [-0.2, 0) is 11.8 Å². The maximum atomic E-state index is 4.66. The summed E-state index contributed by atoms with van der Waals surface area (Å²) in [6.45, 7) is 11.3. The molecule has 166 valence electrons. The first-order valence-corrected chi connectivity index (χ1v) is 12.3. The van der Waals surface area contributed by atoms with E-state index in [1.54, 1.807) is 6.33 Å². The second-order valence-corrected chi connectivity index (χ2v) is 11.3. The molecule has 0 unspecified atom stereocenters. The van der Waals surface area contributed by atoms with Gasteiger partial charge in [-0.05, 0) is 58.4 Å². The van der Waals surface area contributed by atoms with Gasteiger partial charge in [-0.3, -0.25) is 4.98 Å². The highest BCUT2D eigenvalue weighted by Gasteiger charge is 2.19. The van der Waals surface area contributed by atoms with Crippen molar-refractivity contribution in [3.63, 3.8) is 0 Å². The van der Waals surface area contributed by atoms with E-state index in [0.717, 1.165) is 28.9 Å². The average Bonchev–Trinajstić information content (AvgIpc) is 3.19. The summed E-state index contributed by atoms with van der Waals surface area (Å²) in [4.78, 5) is 15.2. The fraction of sp³-hybridized carbons (Fsp3) is 0.276. The van der Waals surface area contributed by atoms with Gasteiger partial charge in [0.05, 0.1) is 11.4 Å². The molecule has 33 heavy (non-hydrogen) atoms. The van der Waals surface area contributed by atoms with Gasteiger partial charge >= 0.3 is 0 Å². The molecule has 3 aromatic heterocycles. The number of rotatable bonds is 4. The highest BCUT2D eigenvalue weighted by atomic mass is 32.1. The Labute approximate surface area is 199 Å². The molecule has 2 aromatic carbocycles. The van der Waals surface area contributed by atoms with Crippen LogP contribution in [0.5, 0.6) is 0 Å². The maximum absolute atomic E-state index is 4.66. The van der Waals surface area contributed by atoms with Gasteiger partial charge in [-0.2, -0.15) is 0 Å². The number of aromatic nitrogens is 3. The molecular weight excluding hydrogens is 422 g/mol. The van der Waals surface area contributed by atoms with E-state index in [-0.39, 0.29) is 5.41 Å². The fourth-order valence-electron chi connectivity index (χ4n) is 4.44. The zero-order valence-corrected chi connectivity index (χ0v) is 20.7. The maximum Gasteiger partial charge on any atom is 0.116 e.